The van der Waals surface area contributed by atoms with Gasteiger partial charge in [0, 0.05) is 13.2 Å². The maximum atomic E-state index is 12.8. The maximum Gasteiger partial charge on any atom is 0.339 e. The lowest BCUT2D eigenvalue weighted by Crippen LogP contribution is -2.24. The molecule has 0 bridgehead atoms. The van der Waals surface area contributed by atoms with Gasteiger partial charge in [0.25, 0.3) is 5.91 Å². The number of nitrogens with zero attached hydrogens (tertiary/aromatic N) is 1. The molecule has 1 N–H and O–H groups in total. The van der Waals surface area contributed by atoms with E-state index in [1.54, 1.807) is 48.0 Å². The number of methoxy groups -OCH3 is 2. The van der Waals surface area contributed by atoms with Gasteiger partial charge in [-0.3, -0.25) is 9.59 Å². The van der Waals surface area contributed by atoms with E-state index in [0.717, 1.165) is 0 Å². The molecule has 0 saturated heterocycles. The van der Waals surface area contributed by atoms with E-state index in [4.69, 9.17) is 9.47 Å². The lowest BCUT2D eigenvalue weighted by molar-refractivity contribution is 0.0602. The predicted octanol–water partition coefficient (Wildman–Crippen LogP) is 2.59. The SMILES string of the molecule is COC(=O)c1ccccc1NC(=O)c1cn(C)c2ccc(OC)cc2c1=O. The Morgan fingerprint density at radius 2 is 1.78 bits per heavy atom. The standard InChI is InChI=1S/C20H18N2O5/c1-22-11-15(18(23)14-10-12(26-2)8-9-17(14)22)19(24)21-16-7-5-4-6-13(16)20(25)27-3/h4-11H,1-3H3,(H,21,24). The van der Waals surface area contributed by atoms with Crippen LogP contribution in [0.15, 0.2) is 53.5 Å². The molecular formula is C20H18N2O5. The number of pyridine rings is 1. The van der Waals surface area contributed by atoms with E-state index >= 15 is 0 Å². The molecule has 0 unspecified atom stereocenters. The fourth-order valence-corrected chi connectivity index (χ4v) is 2.83. The van der Waals surface area contributed by atoms with Crippen LogP contribution in [0.5, 0.6) is 5.75 Å². The molecule has 0 radical (unpaired) electrons. The molecule has 7 heteroatoms. The minimum Gasteiger partial charge on any atom is -0.497 e. The Kier molecular flexibility index (Phi) is 4.94. The van der Waals surface area contributed by atoms with Crippen molar-refractivity contribution >= 4 is 28.5 Å². The molecule has 0 atom stereocenters. The highest BCUT2D eigenvalue weighted by Gasteiger charge is 2.18. The largest absolute Gasteiger partial charge is 0.497 e. The molecule has 27 heavy (non-hydrogen) atoms. The van der Waals surface area contributed by atoms with E-state index in [2.05, 4.69) is 5.32 Å². The Morgan fingerprint density at radius 3 is 2.48 bits per heavy atom. The number of para-hydroxylation sites is 1. The van der Waals surface area contributed by atoms with Gasteiger partial charge in [-0.1, -0.05) is 12.1 Å². The monoisotopic (exact) mass is 366 g/mol. The molecule has 0 aliphatic carbocycles. The maximum absolute atomic E-state index is 12.8. The zero-order valence-electron chi connectivity index (χ0n) is 15.1. The number of amides is 1. The molecule has 1 aromatic heterocycles. The van der Waals surface area contributed by atoms with E-state index in [1.807, 2.05) is 0 Å². The van der Waals surface area contributed by atoms with Crippen LogP contribution in [-0.2, 0) is 11.8 Å². The van der Waals surface area contributed by atoms with Crippen molar-refractivity contribution in [1.82, 2.24) is 4.57 Å². The summed E-state index contributed by atoms with van der Waals surface area (Å²) in [5, 5.41) is 2.99. The summed E-state index contributed by atoms with van der Waals surface area (Å²) in [7, 11) is 4.51. The third kappa shape index (κ3) is 3.39. The Labute approximate surface area is 155 Å². The highest BCUT2D eigenvalue weighted by molar-refractivity contribution is 6.09. The third-order valence-corrected chi connectivity index (χ3v) is 4.22. The predicted molar refractivity (Wildman–Crippen MR) is 101 cm³/mol. The van der Waals surface area contributed by atoms with Crippen LogP contribution in [0, 0.1) is 0 Å². The number of hydrogen-bond donors (Lipinski definition) is 1. The van der Waals surface area contributed by atoms with Gasteiger partial charge < -0.3 is 19.4 Å². The van der Waals surface area contributed by atoms with E-state index in [1.165, 1.54) is 26.5 Å². The first-order valence-electron chi connectivity index (χ1n) is 8.12. The number of fused-ring (bicyclic) bond motifs is 1. The van der Waals surface area contributed by atoms with Gasteiger partial charge in [0.05, 0.1) is 36.4 Å². The number of anilines is 1. The first-order chi connectivity index (χ1) is 13.0. The highest BCUT2D eigenvalue weighted by Crippen LogP contribution is 2.20. The van der Waals surface area contributed by atoms with Crippen molar-refractivity contribution in [3.8, 4) is 5.75 Å². The van der Waals surface area contributed by atoms with E-state index in [-0.39, 0.29) is 16.8 Å². The van der Waals surface area contributed by atoms with Crippen LogP contribution in [0.1, 0.15) is 20.7 Å². The number of hydrogen-bond acceptors (Lipinski definition) is 5. The molecule has 2 aromatic carbocycles. The number of rotatable bonds is 4. The van der Waals surface area contributed by atoms with Crippen molar-refractivity contribution in [2.75, 3.05) is 19.5 Å². The van der Waals surface area contributed by atoms with Gasteiger partial charge in [-0.2, -0.15) is 0 Å². The molecule has 0 saturated carbocycles. The first-order valence-corrected chi connectivity index (χ1v) is 8.12. The van der Waals surface area contributed by atoms with Crippen LogP contribution >= 0.6 is 0 Å². The summed E-state index contributed by atoms with van der Waals surface area (Å²) in [5.41, 5.74) is 0.676. The third-order valence-electron chi connectivity index (χ3n) is 4.22. The first kappa shape index (κ1) is 18.2. The fraction of sp³-hybridized carbons (Fsp3) is 0.150. The molecule has 1 amide bonds. The van der Waals surface area contributed by atoms with Crippen LogP contribution in [0.3, 0.4) is 0 Å². The van der Waals surface area contributed by atoms with E-state index in [9.17, 15) is 14.4 Å². The Balaban J connectivity index is 2.06. The second-order valence-electron chi connectivity index (χ2n) is 5.86. The van der Waals surface area contributed by atoms with Crippen molar-refractivity contribution in [2.24, 2.45) is 7.05 Å². The number of benzene rings is 2. The van der Waals surface area contributed by atoms with Gasteiger partial charge in [0.1, 0.15) is 11.3 Å². The van der Waals surface area contributed by atoms with Gasteiger partial charge in [-0.15, -0.1) is 0 Å². The average molecular weight is 366 g/mol. The normalized spacial score (nSPS) is 10.5. The summed E-state index contributed by atoms with van der Waals surface area (Å²) in [6, 6.07) is 11.5. The van der Waals surface area contributed by atoms with Crippen molar-refractivity contribution in [2.45, 2.75) is 0 Å². The van der Waals surface area contributed by atoms with Gasteiger partial charge >= 0.3 is 5.97 Å². The summed E-state index contributed by atoms with van der Waals surface area (Å²) in [4.78, 5) is 37.4. The summed E-state index contributed by atoms with van der Waals surface area (Å²) in [6.45, 7) is 0. The number of carbonyl (C=O) groups is 2. The van der Waals surface area contributed by atoms with Crippen molar-refractivity contribution in [3.05, 3.63) is 70.0 Å². The molecule has 0 spiro atoms. The van der Waals surface area contributed by atoms with E-state index in [0.29, 0.717) is 16.7 Å². The quantitative estimate of drug-likeness (QED) is 0.717. The van der Waals surface area contributed by atoms with E-state index < -0.39 is 17.3 Å². The number of nitrogens with one attached hydrogen (secondary N) is 1. The summed E-state index contributed by atoms with van der Waals surface area (Å²) < 4.78 is 11.6. The summed E-state index contributed by atoms with van der Waals surface area (Å²) in [5.74, 6) is -0.674. The number of aryl methyl sites for hydroxylation is 1. The smallest absolute Gasteiger partial charge is 0.339 e. The average Bonchev–Trinajstić information content (AvgIpc) is 2.70. The topological polar surface area (TPSA) is 86.6 Å². The van der Waals surface area contributed by atoms with Crippen LogP contribution < -0.4 is 15.5 Å². The second kappa shape index (κ2) is 7.33. The van der Waals surface area contributed by atoms with Crippen LogP contribution in [0.4, 0.5) is 5.69 Å². The number of esters is 1. The number of carbonyl (C=O) groups excluding carboxylic acids is 2. The van der Waals surface area contributed by atoms with Crippen molar-refractivity contribution in [3.63, 3.8) is 0 Å². The van der Waals surface area contributed by atoms with Crippen LogP contribution in [0.2, 0.25) is 0 Å². The molecule has 138 valence electrons. The molecule has 3 rings (SSSR count). The summed E-state index contributed by atoms with van der Waals surface area (Å²) >= 11 is 0. The Morgan fingerprint density at radius 1 is 1.04 bits per heavy atom. The molecular weight excluding hydrogens is 348 g/mol. The Bertz CT molecular complexity index is 1100. The highest BCUT2D eigenvalue weighted by atomic mass is 16.5. The van der Waals surface area contributed by atoms with Crippen LogP contribution in [0.25, 0.3) is 10.9 Å². The van der Waals surface area contributed by atoms with Crippen molar-refractivity contribution in [1.29, 1.82) is 0 Å². The van der Waals surface area contributed by atoms with Gasteiger partial charge in [0.15, 0.2) is 0 Å². The lowest BCUT2D eigenvalue weighted by atomic mass is 10.1. The summed E-state index contributed by atoms with van der Waals surface area (Å²) in [6.07, 6.45) is 1.47. The lowest BCUT2D eigenvalue weighted by Gasteiger charge is -2.12. The van der Waals surface area contributed by atoms with Crippen LogP contribution in [-0.4, -0.2) is 30.7 Å². The van der Waals surface area contributed by atoms with Crippen molar-refractivity contribution < 1.29 is 19.1 Å². The molecule has 0 fully saturated rings. The molecule has 0 aliphatic rings. The number of aromatic nitrogens is 1. The number of ether oxygens (including phenoxy) is 2. The molecule has 3 aromatic rings. The van der Waals surface area contributed by atoms with Gasteiger partial charge in [0.2, 0.25) is 5.43 Å². The molecule has 7 nitrogen and oxygen atoms in total. The molecule has 1 heterocycles. The second-order valence-corrected chi connectivity index (χ2v) is 5.86. The minimum absolute atomic E-state index is 0.0436. The zero-order chi connectivity index (χ0) is 19.6. The fourth-order valence-electron chi connectivity index (χ4n) is 2.83. The Hall–Kier alpha value is -3.61. The zero-order valence-corrected chi connectivity index (χ0v) is 15.1. The van der Waals surface area contributed by atoms with Gasteiger partial charge in [-0.25, -0.2) is 4.79 Å². The molecule has 0 aliphatic heterocycles. The minimum atomic E-state index is -0.614. The van der Waals surface area contributed by atoms with Gasteiger partial charge in [-0.05, 0) is 30.3 Å².